The highest BCUT2D eigenvalue weighted by molar-refractivity contribution is 6.74. The van der Waals surface area contributed by atoms with Gasteiger partial charge in [-0.3, -0.25) is 0 Å². The van der Waals surface area contributed by atoms with E-state index >= 15 is 0 Å². The first-order chi connectivity index (χ1) is 15.3. The fourth-order valence-electron chi connectivity index (χ4n) is 2.62. The largest absolute Gasteiger partial charge is 0.466 e. The van der Waals surface area contributed by atoms with Crippen LogP contribution in [0.2, 0.25) is 18.1 Å². The monoisotopic (exact) mass is 503 g/mol. The smallest absolute Gasteiger partial charge is 0.416 e. The summed E-state index contributed by atoms with van der Waals surface area (Å²) in [6.45, 7) is 15.1. The Morgan fingerprint density at radius 1 is 1.00 bits per heavy atom. The highest BCUT2D eigenvalue weighted by Crippen LogP contribution is 2.41. The van der Waals surface area contributed by atoms with E-state index in [1.165, 1.54) is 25.3 Å². The van der Waals surface area contributed by atoms with Crippen molar-refractivity contribution in [3.8, 4) is 0 Å². The van der Waals surface area contributed by atoms with Crippen LogP contribution in [0.15, 0.2) is 36.4 Å². The van der Waals surface area contributed by atoms with Crippen molar-refractivity contribution in [3.05, 3.63) is 47.5 Å². The third-order valence-electron chi connectivity index (χ3n) is 5.44. The fraction of sp³-hybridized carbons (Fsp3) is 0.583. The summed E-state index contributed by atoms with van der Waals surface area (Å²) < 4.78 is 55.9. The molecule has 1 aromatic carbocycles. The first-order valence-electron chi connectivity index (χ1n) is 10.9. The lowest BCUT2D eigenvalue weighted by atomic mass is 10.0. The molecule has 34 heavy (non-hydrogen) atoms. The summed E-state index contributed by atoms with van der Waals surface area (Å²) in [6.07, 6.45) is -3.62. The minimum Gasteiger partial charge on any atom is -0.466 e. The summed E-state index contributed by atoms with van der Waals surface area (Å²) in [7, 11) is -1.28. The zero-order valence-electron chi connectivity index (χ0n) is 21.3. The van der Waals surface area contributed by atoms with E-state index in [1.807, 2.05) is 33.9 Å². The molecule has 0 radical (unpaired) electrons. The molecule has 1 aromatic rings. The number of methoxy groups -OCH3 is 1. The summed E-state index contributed by atoms with van der Waals surface area (Å²) in [5.74, 6) is -0.658. The Morgan fingerprint density at radius 2 is 1.53 bits per heavy atom. The van der Waals surface area contributed by atoms with Gasteiger partial charge in [0.25, 0.3) is 0 Å². The van der Waals surface area contributed by atoms with Crippen molar-refractivity contribution in [3.63, 3.8) is 0 Å². The Bertz CT molecular complexity index is 869. The van der Waals surface area contributed by atoms with Crippen LogP contribution in [-0.4, -0.2) is 39.1 Å². The lowest BCUT2D eigenvalue weighted by Crippen LogP contribution is -2.48. The molecule has 192 valence electrons. The summed E-state index contributed by atoms with van der Waals surface area (Å²) in [6, 6.07) is 3.63. The van der Waals surface area contributed by atoms with Gasteiger partial charge in [0, 0.05) is 6.08 Å². The number of alkyl carbamates (subject to hydrolysis) is 1. The quantitative estimate of drug-likeness (QED) is 0.265. The Balaban J connectivity index is 3.54. The number of rotatable bonds is 7. The standard InChI is InChI=1S/C24H36F3NO5Si/c1-22(2,3)32-21(30)28-18(14-15-19(29)31-7)20(33-34(8,9)23(4,5)6)16-10-12-17(13-11-16)24(25,26)27/h10-15,18,20H,1-9H3,(H,28,30). The predicted octanol–water partition coefficient (Wildman–Crippen LogP) is 6.39. The molecule has 0 saturated carbocycles. The van der Waals surface area contributed by atoms with Crippen molar-refractivity contribution in [1.82, 2.24) is 5.32 Å². The van der Waals surface area contributed by atoms with Crippen LogP contribution in [-0.2, 0) is 24.9 Å². The number of benzene rings is 1. The molecular weight excluding hydrogens is 467 g/mol. The van der Waals surface area contributed by atoms with Crippen LogP contribution in [0.25, 0.3) is 0 Å². The molecule has 0 heterocycles. The molecule has 0 saturated heterocycles. The van der Waals surface area contributed by atoms with Gasteiger partial charge in [-0.25, -0.2) is 9.59 Å². The van der Waals surface area contributed by atoms with Crippen molar-refractivity contribution in [2.24, 2.45) is 0 Å². The molecule has 1 amide bonds. The Hall–Kier alpha value is -2.33. The van der Waals surface area contributed by atoms with Crippen LogP contribution in [0.5, 0.6) is 0 Å². The lowest BCUT2D eigenvalue weighted by molar-refractivity contribution is -0.137. The predicted molar refractivity (Wildman–Crippen MR) is 127 cm³/mol. The number of alkyl halides is 3. The maximum absolute atomic E-state index is 13.1. The Labute approximate surface area is 201 Å². The molecule has 0 bridgehead atoms. The van der Waals surface area contributed by atoms with Crippen LogP contribution in [0.1, 0.15) is 58.8 Å². The van der Waals surface area contributed by atoms with E-state index in [-0.39, 0.29) is 5.04 Å². The molecule has 0 aromatic heterocycles. The molecule has 0 aliphatic rings. The number of carbonyl (C=O) groups is 2. The van der Waals surface area contributed by atoms with Crippen LogP contribution in [0.4, 0.5) is 18.0 Å². The van der Waals surface area contributed by atoms with Crippen LogP contribution >= 0.6 is 0 Å². The molecule has 0 fully saturated rings. The van der Waals surface area contributed by atoms with Crippen molar-refractivity contribution in [1.29, 1.82) is 0 Å². The first kappa shape index (κ1) is 29.7. The van der Waals surface area contributed by atoms with E-state index in [4.69, 9.17) is 9.16 Å². The van der Waals surface area contributed by atoms with Gasteiger partial charge in [0.2, 0.25) is 0 Å². The van der Waals surface area contributed by atoms with Gasteiger partial charge in [0.05, 0.1) is 24.8 Å². The molecule has 0 aliphatic carbocycles. The highest BCUT2D eigenvalue weighted by Gasteiger charge is 2.41. The topological polar surface area (TPSA) is 73.9 Å². The molecule has 10 heteroatoms. The highest BCUT2D eigenvalue weighted by atomic mass is 28.4. The molecule has 0 spiro atoms. The second-order valence-electron chi connectivity index (χ2n) is 10.5. The molecule has 6 nitrogen and oxygen atoms in total. The zero-order valence-corrected chi connectivity index (χ0v) is 22.3. The van der Waals surface area contributed by atoms with Gasteiger partial charge < -0.3 is 19.2 Å². The van der Waals surface area contributed by atoms with E-state index in [1.54, 1.807) is 20.8 Å². The minimum atomic E-state index is -4.49. The molecular formula is C24H36F3NO5Si. The first-order valence-corrected chi connectivity index (χ1v) is 13.8. The number of carbonyl (C=O) groups excluding carboxylic acids is 2. The Morgan fingerprint density at radius 3 is 1.94 bits per heavy atom. The van der Waals surface area contributed by atoms with Crippen molar-refractivity contribution in [2.75, 3.05) is 7.11 Å². The van der Waals surface area contributed by atoms with E-state index in [0.717, 1.165) is 18.2 Å². The van der Waals surface area contributed by atoms with Gasteiger partial charge in [-0.2, -0.15) is 13.2 Å². The van der Waals surface area contributed by atoms with Gasteiger partial charge in [-0.15, -0.1) is 0 Å². The van der Waals surface area contributed by atoms with Gasteiger partial charge in [-0.05, 0) is 56.6 Å². The number of halogens is 3. The summed E-state index contributed by atoms with van der Waals surface area (Å²) >= 11 is 0. The van der Waals surface area contributed by atoms with E-state index < -0.39 is 49.9 Å². The number of hydrogen-bond acceptors (Lipinski definition) is 5. The minimum absolute atomic E-state index is 0.236. The van der Waals surface area contributed by atoms with Crippen molar-refractivity contribution >= 4 is 20.4 Å². The molecule has 1 rings (SSSR count). The second kappa shape index (κ2) is 10.9. The average molecular weight is 504 g/mol. The van der Waals surface area contributed by atoms with E-state index in [9.17, 15) is 22.8 Å². The van der Waals surface area contributed by atoms with Crippen LogP contribution in [0, 0.1) is 0 Å². The number of amides is 1. The number of nitrogens with one attached hydrogen (secondary N) is 1. The Kier molecular flexibility index (Phi) is 9.56. The van der Waals surface area contributed by atoms with Crippen LogP contribution in [0.3, 0.4) is 0 Å². The van der Waals surface area contributed by atoms with Gasteiger partial charge in [-0.1, -0.05) is 39.0 Å². The third kappa shape index (κ3) is 9.13. The molecule has 2 unspecified atom stereocenters. The summed E-state index contributed by atoms with van der Waals surface area (Å²) in [5, 5.41) is 2.45. The molecule has 2 atom stereocenters. The SMILES string of the molecule is COC(=O)C=CC(NC(=O)OC(C)(C)C)C(O[Si](C)(C)C(C)(C)C)c1ccc(C(F)(F)F)cc1. The third-order valence-corrected chi connectivity index (χ3v) is 9.90. The maximum atomic E-state index is 13.1. The maximum Gasteiger partial charge on any atom is 0.416 e. The van der Waals surface area contributed by atoms with Crippen molar-refractivity contribution < 1.29 is 36.7 Å². The number of ether oxygens (including phenoxy) is 2. The average Bonchev–Trinajstić information content (AvgIpc) is 2.66. The fourth-order valence-corrected chi connectivity index (χ4v) is 3.89. The van der Waals surface area contributed by atoms with E-state index in [2.05, 4.69) is 10.1 Å². The van der Waals surface area contributed by atoms with Gasteiger partial charge in [0.15, 0.2) is 8.32 Å². The van der Waals surface area contributed by atoms with Crippen molar-refractivity contribution in [2.45, 2.75) is 83.6 Å². The summed E-state index contributed by atoms with van der Waals surface area (Å²) in [5.41, 5.74) is -1.18. The zero-order chi connectivity index (χ0) is 26.5. The molecule has 1 N–H and O–H groups in total. The van der Waals surface area contributed by atoms with E-state index in [0.29, 0.717) is 5.56 Å². The number of esters is 1. The lowest BCUT2D eigenvalue weighted by Gasteiger charge is -2.41. The normalized spacial score (nSPS) is 15.1. The van der Waals surface area contributed by atoms with Crippen LogP contribution < -0.4 is 5.32 Å². The van der Waals surface area contributed by atoms with Gasteiger partial charge >= 0.3 is 18.2 Å². The van der Waals surface area contributed by atoms with Gasteiger partial charge in [0.1, 0.15) is 5.60 Å². The summed E-state index contributed by atoms with van der Waals surface area (Å²) in [4.78, 5) is 24.4. The second-order valence-corrected chi connectivity index (χ2v) is 15.2. The molecule has 0 aliphatic heterocycles. The number of hydrogen-bond donors (Lipinski definition) is 1.